The summed E-state index contributed by atoms with van der Waals surface area (Å²) in [6.45, 7) is 6.82. The van der Waals surface area contributed by atoms with E-state index in [2.05, 4.69) is 14.5 Å². The van der Waals surface area contributed by atoms with Crippen LogP contribution in [0.2, 0.25) is 0 Å². The zero-order valence-corrected chi connectivity index (χ0v) is 17.1. The first-order valence-electron chi connectivity index (χ1n) is 9.08. The van der Waals surface area contributed by atoms with Crippen LogP contribution < -0.4 is 9.62 Å². The van der Waals surface area contributed by atoms with E-state index in [0.717, 1.165) is 31.7 Å². The van der Waals surface area contributed by atoms with Crippen LogP contribution in [0, 0.1) is 13.8 Å². The lowest BCUT2D eigenvalue weighted by atomic mass is 10.1. The summed E-state index contributed by atoms with van der Waals surface area (Å²) in [4.78, 5) is 15.9. The number of carbonyl (C=O) groups is 1. The van der Waals surface area contributed by atoms with E-state index in [-0.39, 0.29) is 16.1 Å². The number of anilines is 2. The Morgan fingerprint density at radius 2 is 1.71 bits per heavy atom. The molecule has 0 aromatic heterocycles. The summed E-state index contributed by atoms with van der Waals surface area (Å²) in [5.74, 6) is -1.10. The van der Waals surface area contributed by atoms with Crippen molar-refractivity contribution in [3.8, 4) is 0 Å². The molecule has 0 aliphatic carbocycles. The lowest BCUT2D eigenvalue weighted by Gasteiger charge is -2.35. The van der Waals surface area contributed by atoms with Crippen LogP contribution in [0.5, 0.6) is 0 Å². The predicted octanol–water partition coefficient (Wildman–Crippen LogP) is 2.55. The van der Waals surface area contributed by atoms with Gasteiger partial charge in [0.1, 0.15) is 0 Å². The number of benzene rings is 2. The molecule has 7 nitrogen and oxygen atoms in total. The van der Waals surface area contributed by atoms with Crippen LogP contribution in [-0.2, 0) is 10.0 Å². The third kappa shape index (κ3) is 4.28. The quantitative estimate of drug-likeness (QED) is 0.798. The number of nitrogens with one attached hydrogen (secondary N) is 1. The van der Waals surface area contributed by atoms with Gasteiger partial charge in [-0.1, -0.05) is 17.7 Å². The molecule has 0 amide bonds. The van der Waals surface area contributed by atoms with Crippen molar-refractivity contribution in [3.05, 3.63) is 53.1 Å². The summed E-state index contributed by atoms with van der Waals surface area (Å²) >= 11 is 0. The Kier molecular flexibility index (Phi) is 5.62. The largest absolute Gasteiger partial charge is 0.478 e. The third-order valence-electron chi connectivity index (χ3n) is 4.95. The number of likely N-dealkylation sites (N-methyl/N-ethyl adjacent to an activating group) is 1. The van der Waals surface area contributed by atoms with Crippen LogP contribution in [0.3, 0.4) is 0 Å². The smallest absolute Gasteiger partial charge is 0.335 e. The highest BCUT2D eigenvalue weighted by molar-refractivity contribution is 7.92. The fourth-order valence-corrected chi connectivity index (χ4v) is 4.67. The molecule has 1 aliphatic rings. The molecular formula is C20H25N3O4S. The van der Waals surface area contributed by atoms with E-state index in [1.807, 2.05) is 20.0 Å². The minimum Gasteiger partial charge on any atom is -0.478 e. The van der Waals surface area contributed by atoms with E-state index in [1.165, 1.54) is 12.1 Å². The minimum absolute atomic E-state index is 0.0382. The topological polar surface area (TPSA) is 89.9 Å². The molecule has 8 heteroatoms. The van der Waals surface area contributed by atoms with Crippen LogP contribution in [-0.4, -0.2) is 57.6 Å². The van der Waals surface area contributed by atoms with Gasteiger partial charge in [-0.25, -0.2) is 13.2 Å². The average molecular weight is 404 g/mol. The van der Waals surface area contributed by atoms with Gasteiger partial charge in [0, 0.05) is 26.2 Å². The normalized spacial score (nSPS) is 15.5. The first kappa shape index (κ1) is 20.2. The Balaban J connectivity index is 2.01. The van der Waals surface area contributed by atoms with Crippen molar-refractivity contribution in [1.82, 2.24) is 4.90 Å². The van der Waals surface area contributed by atoms with Gasteiger partial charge >= 0.3 is 5.97 Å². The molecular weight excluding hydrogens is 378 g/mol. The van der Waals surface area contributed by atoms with Crippen LogP contribution >= 0.6 is 0 Å². The second-order valence-electron chi connectivity index (χ2n) is 7.20. The number of piperazine rings is 1. The van der Waals surface area contributed by atoms with E-state index < -0.39 is 16.0 Å². The van der Waals surface area contributed by atoms with Crippen molar-refractivity contribution in [2.24, 2.45) is 0 Å². The maximum Gasteiger partial charge on any atom is 0.335 e. The van der Waals surface area contributed by atoms with Gasteiger partial charge < -0.3 is 14.9 Å². The van der Waals surface area contributed by atoms with Crippen molar-refractivity contribution >= 4 is 27.4 Å². The van der Waals surface area contributed by atoms with Gasteiger partial charge in [0.15, 0.2) is 0 Å². The fraction of sp³-hybridized carbons (Fsp3) is 0.350. The van der Waals surface area contributed by atoms with Gasteiger partial charge in [0.2, 0.25) is 0 Å². The summed E-state index contributed by atoms with van der Waals surface area (Å²) in [6.07, 6.45) is 0. The molecule has 2 aromatic rings. The molecule has 150 valence electrons. The standard InChI is InChI=1S/C20H25N3O4S/c1-14-4-7-19(15(2)12-14)28(26,27)21-17-13-16(20(24)25)5-6-18(17)23-10-8-22(3)9-11-23/h4-7,12-13,21H,8-11H2,1-3H3,(H,24,25). The van der Waals surface area contributed by atoms with Crippen molar-refractivity contribution in [3.63, 3.8) is 0 Å². The molecule has 0 saturated carbocycles. The average Bonchev–Trinajstić information content (AvgIpc) is 2.61. The van der Waals surface area contributed by atoms with Crippen LogP contribution in [0.25, 0.3) is 0 Å². The second-order valence-corrected chi connectivity index (χ2v) is 8.85. The molecule has 2 aromatic carbocycles. The molecule has 1 fully saturated rings. The summed E-state index contributed by atoms with van der Waals surface area (Å²) in [5.41, 5.74) is 2.62. The van der Waals surface area contributed by atoms with Gasteiger partial charge in [0.25, 0.3) is 10.0 Å². The van der Waals surface area contributed by atoms with E-state index in [9.17, 15) is 18.3 Å². The van der Waals surface area contributed by atoms with Crippen molar-refractivity contribution in [2.75, 3.05) is 42.8 Å². The Labute approximate surface area is 165 Å². The van der Waals surface area contributed by atoms with Crippen LogP contribution in [0.15, 0.2) is 41.3 Å². The number of hydrogen-bond acceptors (Lipinski definition) is 5. The zero-order valence-electron chi connectivity index (χ0n) is 16.3. The van der Waals surface area contributed by atoms with E-state index in [1.54, 1.807) is 25.1 Å². The number of aromatic carboxylic acids is 1. The van der Waals surface area contributed by atoms with Crippen molar-refractivity contribution < 1.29 is 18.3 Å². The highest BCUT2D eigenvalue weighted by Gasteiger charge is 2.23. The maximum atomic E-state index is 13.0. The summed E-state index contributed by atoms with van der Waals surface area (Å²) in [6, 6.07) is 9.69. The lowest BCUT2D eigenvalue weighted by Crippen LogP contribution is -2.44. The van der Waals surface area contributed by atoms with Gasteiger partial charge in [-0.2, -0.15) is 0 Å². The first-order valence-corrected chi connectivity index (χ1v) is 10.6. The third-order valence-corrected chi connectivity index (χ3v) is 6.48. The molecule has 0 spiro atoms. The number of hydrogen-bond donors (Lipinski definition) is 2. The maximum absolute atomic E-state index is 13.0. The Hall–Kier alpha value is -2.58. The van der Waals surface area contributed by atoms with Crippen molar-refractivity contribution in [2.45, 2.75) is 18.7 Å². The summed E-state index contributed by atoms with van der Waals surface area (Å²) in [7, 11) is -1.82. The van der Waals surface area contributed by atoms with Gasteiger partial charge in [-0.15, -0.1) is 0 Å². The van der Waals surface area contributed by atoms with Gasteiger partial charge in [-0.05, 0) is 50.7 Å². The van der Waals surface area contributed by atoms with E-state index in [4.69, 9.17) is 0 Å². The second kappa shape index (κ2) is 7.81. The molecule has 0 radical (unpaired) electrons. The number of nitrogens with zero attached hydrogens (tertiary/aromatic N) is 2. The zero-order chi connectivity index (χ0) is 20.5. The van der Waals surface area contributed by atoms with Crippen LogP contribution in [0.1, 0.15) is 21.5 Å². The molecule has 1 saturated heterocycles. The highest BCUT2D eigenvalue weighted by atomic mass is 32.2. The van der Waals surface area contributed by atoms with Crippen LogP contribution in [0.4, 0.5) is 11.4 Å². The predicted molar refractivity (Wildman–Crippen MR) is 110 cm³/mol. The molecule has 1 aliphatic heterocycles. The minimum atomic E-state index is -3.86. The number of carboxylic acid groups (broad SMARTS) is 1. The molecule has 0 atom stereocenters. The van der Waals surface area contributed by atoms with E-state index >= 15 is 0 Å². The molecule has 0 bridgehead atoms. The molecule has 0 unspecified atom stereocenters. The number of sulfonamides is 1. The highest BCUT2D eigenvalue weighted by Crippen LogP contribution is 2.31. The summed E-state index contributed by atoms with van der Waals surface area (Å²) < 4.78 is 28.7. The fourth-order valence-electron chi connectivity index (χ4n) is 3.37. The Bertz CT molecular complexity index is 997. The first-order chi connectivity index (χ1) is 13.2. The molecule has 28 heavy (non-hydrogen) atoms. The SMILES string of the molecule is Cc1ccc(S(=O)(=O)Nc2cc(C(=O)O)ccc2N2CCN(C)CC2)c(C)c1. The number of aryl methyl sites for hydroxylation is 2. The molecule has 2 N–H and O–H groups in total. The molecule has 1 heterocycles. The summed E-state index contributed by atoms with van der Waals surface area (Å²) in [5, 5.41) is 9.34. The van der Waals surface area contributed by atoms with Crippen molar-refractivity contribution in [1.29, 1.82) is 0 Å². The Morgan fingerprint density at radius 3 is 2.32 bits per heavy atom. The lowest BCUT2D eigenvalue weighted by molar-refractivity contribution is 0.0697. The monoisotopic (exact) mass is 403 g/mol. The van der Waals surface area contributed by atoms with Gasteiger partial charge in [-0.3, -0.25) is 4.72 Å². The number of carboxylic acids is 1. The number of rotatable bonds is 5. The Morgan fingerprint density at radius 1 is 1.04 bits per heavy atom. The molecule has 3 rings (SSSR count). The van der Waals surface area contributed by atoms with Gasteiger partial charge in [0.05, 0.1) is 21.8 Å². The van der Waals surface area contributed by atoms with E-state index in [0.29, 0.717) is 11.3 Å².